The van der Waals surface area contributed by atoms with Crippen molar-refractivity contribution in [3.63, 3.8) is 0 Å². The van der Waals surface area contributed by atoms with Crippen molar-refractivity contribution in [3.05, 3.63) is 33.9 Å². The highest BCUT2D eigenvalue weighted by Crippen LogP contribution is 2.33. The van der Waals surface area contributed by atoms with Crippen LogP contribution in [0, 0.1) is 10.1 Å². The molecule has 0 bridgehead atoms. The molecule has 0 fully saturated rings. The summed E-state index contributed by atoms with van der Waals surface area (Å²) in [4.78, 5) is 9.66. The number of methoxy groups -OCH3 is 1. The highest BCUT2D eigenvalue weighted by atomic mass is 19.4. The van der Waals surface area contributed by atoms with Crippen LogP contribution in [0.1, 0.15) is 11.9 Å². The molecule has 0 aliphatic rings. The van der Waals surface area contributed by atoms with Crippen LogP contribution in [0.2, 0.25) is 0 Å². The third kappa shape index (κ3) is 3.57. The summed E-state index contributed by atoms with van der Waals surface area (Å²) < 4.78 is 44.2. The number of nitrogens with zero attached hydrogens (tertiary/aromatic N) is 1. The Morgan fingerprint density at radius 3 is 2.50 bits per heavy atom. The van der Waals surface area contributed by atoms with Gasteiger partial charge in [-0.15, -0.1) is 13.2 Å². The molecule has 0 saturated heterocycles. The Hall–Kier alpha value is -1.87. The van der Waals surface area contributed by atoms with Crippen LogP contribution in [-0.2, 0) is 4.74 Å². The molecule has 9 heteroatoms. The van der Waals surface area contributed by atoms with E-state index in [1.54, 1.807) is 0 Å². The number of rotatable bonds is 4. The Kier molecular flexibility index (Phi) is 4.09. The highest BCUT2D eigenvalue weighted by Gasteiger charge is 2.33. The van der Waals surface area contributed by atoms with E-state index in [-0.39, 0.29) is 0 Å². The summed E-state index contributed by atoms with van der Waals surface area (Å²) in [5, 5.41) is 19.8. The van der Waals surface area contributed by atoms with Gasteiger partial charge in [-0.1, -0.05) is 0 Å². The summed E-state index contributed by atoms with van der Waals surface area (Å²) in [5.41, 5.74) is -0.973. The van der Waals surface area contributed by atoms with Crippen LogP contribution in [-0.4, -0.2) is 23.5 Å². The summed E-state index contributed by atoms with van der Waals surface area (Å²) in [7, 11) is 1.03. The van der Waals surface area contributed by atoms with Crippen LogP contribution < -0.4 is 4.74 Å². The zero-order valence-electron chi connectivity index (χ0n) is 8.97. The van der Waals surface area contributed by atoms with E-state index in [2.05, 4.69) is 9.47 Å². The fourth-order valence-electron chi connectivity index (χ4n) is 1.19. The summed E-state index contributed by atoms with van der Waals surface area (Å²) in [5.74, 6) is -0.762. The first-order valence-electron chi connectivity index (χ1n) is 4.49. The molecule has 0 aromatic heterocycles. The van der Waals surface area contributed by atoms with Crippen molar-refractivity contribution in [3.8, 4) is 5.75 Å². The largest absolute Gasteiger partial charge is 0.573 e. The molecular weight excluding hydrogens is 259 g/mol. The van der Waals surface area contributed by atoms with E-state index in [1.807, 2.05) is 0 Å². The van der Waals surface area contributed by atoms with Gasteiger partial charge in [0.2, 0.25) is 0 Å². The summed E-state index contributed by atoms with van der Waals surface area (Å²) in [6.45, 7) is 0. The lowest BCUT2D eigenvalue weighted by Gasteiger charge is -2.15. The molecule has 6 nitrogen and oxygen atoms in total. The molecule has 1 aromatic rings. The quantitative estimate of drug-likeness (QED) is 0.513. The molecule has 0 aliphatic carbocycles. The maximum atomic E-state index is 12.1. The second kappa shape index (κ2) is 5.19. The number of nitro benzene ring substituents is 1. The maximum absolute atomic E-state index is 12.1. The normalized spacial score (nSPS) is 13.2. The fraction of sp³-hybridized carbons (Fsp3) is 0.333. The molecule has 0 aliphatic heterocycles. The minimum atomic E-state index is -4.97. The second-order valence-corrected chi connectivity index (χ2v) is 3.12. The Morgan fingerprint density at radius 2 is 2.06 bits per heavy atom. The predicted octanol–water partition coefficient (Wildman–Crippen LogP) is 2.13. The van der Waals surface area contributed by atoms with Gasteiger partial charge in [0, 0.05) is 19.2 Å². The predicted molar refractivity (Wildman–Crippen MR) is 51.7 cm³/mol. The number of benzene rings is 1. The number of alkyl halides is 3. The van der Waals surface area contributed by atoms with Crippen LogP contribution >= 0.6 is 0 Å². The van der Waals surface area contributed by atoms with Gasteiger partial charge in [0.15, 0.2) is 6.29 Å². The van der Waals surface area contributed by atoms with Gasteiger partial charge in [-0.2, -0.15) is 0 Å². The van der Waals surface area contributed by atoms with Gasteiger partial charge < -0.3 is 14.6 Å². The standard InChI is InChI=1S/C9H8F3NO5/c1-17-8(14)6-4-5(13(15)16)2-3-7(6)18-9(10,11)12/h2-4,8,14H,1H3. The van der Waals surface area contributed by atoms with Gasteiger partial charge in [-0.3, -0.25) is 10.1 Å². The first-order chi connectivity index (χ1) is 8.24. The number of hydrogen-bond acceptors (Lipinski definition) is 5. The average Bonchev–Trinajstić information content (AvgIpc) is 2.26. The van der Waals surface area contributed by atoms with Crippen LogP contribution in [0.25, 0.3) is 0 Å². The zero-order chi connectivity index (χ0) is 13.9. The molecule has 0 spiro atoms. The lowest BCUT2D eigenvalue weighted by atomic mass is 10.1. The van der Waals surface area contributed by atoms with E-state index in [0.29, 0.717) is 0 Å². The topological polar surface area (TPSA) is 81.8 Å². The summed E-state index contributed by atoms with van der Waals surface area (Å²) in [6.07, 6.45) is -6.74. The molecule has 1 atom stereocenters. The molecule has 1 aromatic carbocycles. The van der Waals surface area contributed by atoms with Gasteiger partial charge in [0.05, 0.1) is 10.5 Å². The van der Waals surface area contributed by atoms with Crippen molar-refractivity contribution >= 4 is 5.69 Å². The number of hydrogen-bond donors (Lipinski definition) is 1. The van der Waals surface area contributed by atoms with Crippen molar-refractivity contribution in [2.45, 2.75) is 12.7 Å². The molecular formula is C9H8F3NO5. The molecule has 1 rings (SSSR count). The molecule has 1 unspecified atom stereocenters. The number of halogens is 3. The maximum Gasteiger partial charge on any atom is 0.573 e. The van der Waals surface area contributed by atoms with Crippen LogP contribution in [0.15, 0.2) is 18.2 Å². The molecule has 1 N–H and O–H groups in total. The SMILES string of the molecule is COC(O)c1cc([N+](=O)[O-])ccc1OC(F)(F)F. The van der Waals surface area contributed by atoms with Crippen LogP contribution in [0.5, 0.6) is 5.75 Å². The zero-order valence-corrected chi connectivity index (χ0v) is 8.97. The van der Waals surface area contributed by atoms with Crippen molar-refractivity contribution in [2.75, 3.05) is 7.11 Å². The molecule has 18 heavy (non-hydrogen) atoms. The van der Waals surface area contributed by atoms with Crippen molar-refractivity contribution < 1.29 is 32.7 Å². The number of non-ortho nitro benzene ring substituents is 1. The lowest BCUT2D eigenvalue weighted by molar-refractivity contribution is -0.385. The van der Waals surface area contributed by atoms with Gasteiger partial charge in [-0.25, -0.2) is 0 Å². The third-order valence-corrected chi connectivity index (χ3v) is 1.92. The number of nitro groups is 1. The average molecular weight is 267 g/mol. The van der Waals surface area contributed by atoms with E-state index >= 15 is 0 Å². The van der Waals surface area contributed by atoms with Gasteiger partial charge in [-0.05, 0) is 6.07 Å². The molecule has 0 amide bonds. The monoisotopic (exact) mass is 267 g/mol. The minimum Gasteiger partial charge on any atom is -0.405 e. The second-order valence-electron chi connectivity index (χ2n) is 3.12. The summed E-state index contributed by atoms with van der Waals surface area (Å²) in [6, 6.07) is 2.31. The molecule has 0 radical (unpaired) electrons. The van der Waals surface area contributed by atoms with Gasteiger partial charge >= 0.3 is 6.36 Å². The third-order valence-electron chi connectivity index (χ3n) is 1.92. The smallest absolute Gasteiger partial charge is 0.405 e. The first kappa shape index (κ1) is 14.2. The van der Waals surface area contributed by atoms with Gasteiger partial charge in [0.25, 0.3) is 5.69 Å². The van der Waals surface area contributed by atoms with E-state index < -0.39 is 34.6 Å². The Balaban J connectivity index is 3.21. The molecule has 0 saturated carbocycles. The molecule has 100 valence electrons. The van der Waals surface area contributed by atoms with E-state index in [4.69, 9.17) is 0 Å². The Morgan fingerprint density at radius 1 is 1.44 bits per heavy atom. The van der Waals surface area contributed by atoms with Crippen molar-refractivity contribution in [2.24, 2.45) is 0 Å². The first-order valence-corrected chi connectivity index (χ1v) is 4.49. The van der Waals surface area contributed by atoms with E-state index in [0.717, 1.165) is 25.3 Å². The van der Waals surface area contributed by atoms with Crippen molar-refractivity contribution in [1.82, 2.24) is 0 Å². The lowest BCUT2D eigenvalue weighted by Crippen LogP contribution is -2.19. The van der Waals surface area contributed by atoms with Crippen molar-refractivity contribution in [1.29, 1.82) is 0 Å². The highest BCUT2D eigenvalue weighted by molar-refractivity contribution is 5.44. The van der Waals surface area contributed by atoms with Crippen LogP contribution in [0.3, 0.4) is 0 Å². The van der Waals surface area contributed by atoms with Crippen LogP contribution in [0.4, 0.5) is 18.9 Å². The Bertz CT molecular complexity index is 448. The number of aliphatic hydroxyl groups is 1. The minimum absolute atomic E-state index is 0.482. The van der Waals surface area contributed by atoms with E-state index in [9.17, 15) is 28.4 Å². The molecule has 0 heterocycles. The van der Waals surface area contributed by atoms with E-state index in [1.165, 1.54) is 0 Å². The number of aliphatic hydroxyl groups excluding tert-OH is 1. The fourth-order valence-corrected chi connectivity index (χ4v) is 1.19. The van der Waals surface area contributed by atoms with Gasteiger partial charge in [0.1, 0.15) is 5.75 Å². The Labute approximate surface area is 98.7 Å². The number of ether oxygens (including phenoxy) is 2. The summed E-state index contributed by atoms with van der Waals surface area (Å²) >= 11 is 0.